The van der Waals surface area contributed by atoms with Crippen molar-refractivity contribution in [2.45, 2.75) is 0 Å². The molecule has 0 bridgehead atoms. The summed E-state index contributed by atoms with van der Waals surface area (Å²) in [7, 11) is 0. The highest BCUT2D eigenvalue weighted by Gasteiger charge is 2.11. The van der Waals surface area contributed by atoms with Crippen LogP contribution in [0.3, 0.4) is 0 Å². The Kier molecular flexibility index (Phi) is 5.90. The second kappa shape index (κ2) is 10.2. The number of benzene rings is 8. The Morgan fingerprint density at radius 2 is 0.667 bits per heavy atom. The summed E-state index contributed by atoms with van der Waals surface area (Å²) in [6.45, 7) is 0. The van der Waals surface area contributed by atoms with Gasteiger partial charge < -0.3 is 0 Å². The van der Waals surface area contributed by atoms with Crippen LogP contribution in [0.2, 0.25) is 0 Å². The molecule has 0 aliphatic carbocycles. The molecular formula is C42H28. The predicted octanol–water partition coefficient (Wildman–Crippen LogP) is 11.8. The lowest BCUT2D eigenvalue weighted by Crippen LogP contribution is -1.87. The summed E-state index contributed by atoms with van der Waals surface area (Å²) in [6.07, 6.45) is 0. The average molecular weight is 533 g/mol. The quantitative estimate of drug-likeness (QED) is 0.211. The van der Waals surface area contributed by atoms with E-state index in [0.717, 1.165) is 0 Å². The summed E-state index contributed by atoms with van der Waals surface area (Å²) in [6, 6.07) is 61.8. The summed E-state index contributed by atoms with van der Waals surface area (Å²) in [5.41, 5.74) is 9.95. The molecule has 8 aromatic rings. The SMILES string of the molecule is c1cc(-c2ccc3ccccc3c2)cc(-c2cccc3c(-c4ccc(-c5cccc6ccccc56)cc4)cccc23)c1. The first-order chi connectivity index (χ1) is 20.8. The predicted molar refractivity (Wildman–Crippen MR) is 181 cm³/mol. The van der Waals surface area contributed by atoms with Gasteiger partial charge in [-0.05, 0) is 89.0 Å². The molecule has 0 radical (unpaired) electrons. The van der Waals surface area contributed by atoms with Gasteiger partial charge in [-0.25, -0.2) is 0 Å². The maximum absolute atomic E-state index is 2.32. The molecule has 0 heteroatoms. The van der Waals surface area contributed by atoms with E-state index in [1.807, 2.05) is 0 Å². The molecule has 0 atom stereocenters. The summed E-state index contributed by atoms with van der Waals surface area (Å²) in [5, 5.41) is 7.62. The Hall–Kier alpha value is -5.46. The fourth-order valence-corrected chi connectivity index (χ4v) is 6.36. The molecule has 42 heavy (non-hydrogen) atoms. The largest absolute Gasteiger partial charge is 0.0616 e. The molecule has 0 unspecified atom stereocenters. The molecule has 0 fully saturated rings. The molecule has 0 saturated carbocycles. The van der Waals surface area contributed by atoms with Crippen molar-refractivity contribution in [3.63, 3.8) is 0 Å². The van der Waals surface area contributed by atoms with E-state index < -0.39 is 0 Å². The highest BCUT2D eigenvalue weighted by atomic mass is 14.1. The molecule has 196 valence electrons. The summed E-state index contributed by atoms with van der Waals surface area (Å²) < 4.78 is 0. The molecule has 0 nitrogen and oxygen atoms in total. The van der Waals surface area contributed by atoms with E-state index in [1.54, 1.807) is 0 Å². The third-order valence-corrected chi connectivity index (χ3v) is 8.47. The normalized spacial score (nSPS) is 11.3. The van der Waals surface area contributed by atoms with Crippen LogP contribution in [0.4, 0.5) is 0 Å². The molecule has 0 aromatic heterocycles. The van der Waals surface area contributed by atoms with Gasteiger partial charge in [-0.3, -0.25) is 0 Å². The van der Waals surface area contributed by atoms with Gasteiger partial charge >= 0.3 is 0 Å². The van der Waals surface area contributed by atoms with Crippen LogP contribution in [-0.4, -0.2) is 0 Å². The smallest absolute Gasteiger partial charge is 0.00992 e. The molecule has 8 rings (SSSR count). The fourth-order valence-electron chi connectivity index (χ4n) is 6.36. The standard InChI is InChI=1S/C42H28/c1-2-11-33-27-35(26-21-29(33)9-1)34-13-5-14-36(28-34)40-18-8-19-41-39(17-7-20-42(40)41)32-24-22-31(23-25-32)38-16-6-12-30-10-3-4-15-37(30)38/h1-28H. The van der Waals surface area contributed by atoms with Gasteiger partial charge in [-0.2, -0.15) is 0 Å². The Labute approximate surface area is 246 Å². The monoisotopic (exact) mass is 532 g/mol. The molecule has 0 saturated heterocycles. The third-order valence-electron chi connectivity index (χ3n) is 8.47. The summed E-state index contributed by atoms with van der Waals surface area (Å²) in [4.78, 5) is 0. The Balaban J connectivity index is 1.19. The molecule has 0 aliphatic heterocycles. The van der Waals surface area contributed by atoms with Crippen molar-refractivity contribution in [2.24, 2.45) is 0 Å². The maximum Gasteiger partial charge on any atom is -0.00992 e. The van der Waals surface area contributed by atoms with Crippen molar-refractivity contribution in [3.8, 4) is 44.5 Å². The lowest BCUT2D eigenvalue weighted by Gasteiger charge is -2.13. The minimum absolute atomic E-state index is 1.23. The zero-order chi connectivity index (χ0) is 27.9. The Morgan fingerprint density at radius 1 is 0.214 bits per heavy atom. The lowest BCUT2D eigenvalue weighted by molar-refractivity contribution is 1.61. The van der Waals surface area contributed by atoms with E-state index in [0.29, 0.717) is 0 Å². The number of hydrogen-bond acceptors (Lipinski definition) is 0. The Morgan fingerprint density at radius 3 is 1.40 bits per heavy atom. The molecule has 0 aliphatic rings. The van der Waals surface area contributed by atoms with Crippen LogP contribution in [0, 0.1) is 0 Å². The van der Waals surface area contributed by atoms with Crippen molar-refractivity contribution >= 4 is 32.3 Å². The third kappa shape index (κ3) is 4.26. The van der Waals surface area contributed by atoms with Gasteiger partial charge in [0, 0.05) is 0 Å². The first-order valence-electron chi connectivity index (χ1n) is 14.5. The number of hydrogen-bond donors (Lipinski definition) is 0. The second-order valence-corrected chi connectivity index (χ2v) is 11.0. The Bertz CT molecular complexity index is 2230. The van der Waals surface area contributed by atoms with Gasteiger partial charge in [-0.15, -0.1) is 0 Å². The van der Waals surface area contributed by atoms with Crippen LogP contribution in [0.1, 0.15) is 0 Å². The topological polar surface area (TPSA) is 0 Å². The van der Waals surface area contributed by atoms with Gasteiger partial charge in [0.1, 0.15) is 0 Å². The van der Waals surface area contributed by atoms with Crippen molar-refractivity contribution in [1.82, 2.24) is 0 Å². The van der Waals surface area contributed by atoms with Crippen LogP contribution < -0.4 is 0 Å². The van der Waals surface area contributed by atoms with Crippen molar-refractivity contribution in [3.05, 3.63) is 170 Å². The molecule has 0 amide bonds. The van der Waals surface area contributed by atoms with Gasteiger partial charge in [0.15, 0.2) is 0 Å². The van der Waals surface area contributed by atoms with Crippen molar-refractivity contribution < 1.29 is 0 Å². The van der Waals surface area contributed by atoms with Crippen molar-refractivity contribution in [2.75, 3.05) is 0 Å². The van der Waals surface area contributed by atoms with Crippen LogP contribution in [-0.2, 0) is 0 Å². The molecule has 0 spiro atoms. The highest BCUT2D eigenvalue weighted by molar-refractivity contribution is 6.05. The van der Waals surface area contributed by atoms with Crippen LogP contribution in [0.25, 0.3) is 76.8 Å². The van der Waals surface area contributed by atoms with E-state index in [2.05, 4.69) is 170 Å². The molecule has 8 aromatic carbocycles. The minimum atomic E-state index is 1.23. The van der Waals surface area contributed by atoms with E-state index in [4.69, 9.17) is 0 Å². The number of rotatable bonds is 4. The van der Waals surface area contributed by atoms with E-state index in [1.165, 1.54) is 76.8 Å². The molecule has 0 N–H and O–H groups in total. The first kappa shape index (κ1) is 24.3. The number of fused-ring (bicyclic) bond motifs is 3. The second-order valence-electron chi connectivity index (χ2n) is 11.0. The van der Waals surface area contributed by atoms with Gasteiger partial charge in [0.2, 0.25) is 0 Å². The van der Waals surface area contributed by atoms with Crippen LogP contribution in [0.5, 0.6) is 0 Å². The lowest BCUT2D eigenvalue weighted by atomic mass is 9.91. The van der Waals surface area contributed by atoms with E-state index >= 15 is 0 Å². The maximum atomic E-state index is 2.32. The van der Waals surface area contributed by atoms with Gasteiger partial charge in [0.05, 0.1) is 0 Å². The fraction of sp³-hybridized carbons (Fsp3) is 0. The molecule has 0 heterocycles. The van der Waals surface area contributed by atoms with Gasteiger partial charge in [-0.1, -0.05) is 158 Å². The summed E-state index contributed by atoms with van der Waals surface area (Å²) in [5.74, 6) is 0. The average Bonchev–Trinajstić information content (AvgIpc) is 3.07. The molecular weight excluding hydrogens is 504 g/mol. The van der Waals surface area contributed by atoms with Crippen LogP contribution >= 0.6 is 0 Å². The van der Waals surface area contributed by atoms with Crippen molar-refractivity contribution in [1.29, 1.82) is 0 Å². The van der Waals surface area contributed by atoms with Gasteiger partial charge in [0.25, 0.3) is 0 Å². The highest BCUT2D eigenvalue weighted by Crippen LogP contribution is 2.37. The minimum Gasteiger partial charge on any atom is -0.0616 e. The van der Waals surface area contributed by atoms with E-state index in [9.17, 15) is 0 Å². The first-order valence-corrected chi connectivity index (χ1v) is 14.5. The summed E-state index contributed by atoms with van der Waals surface area (Å²) >= 11 is 0. The zero-order valence-electron chi connectivity index (χ0n) is 23.2. The zero-order valence-corrected chi connectivity index (χ0v) is 23.2. The van der Waals surface area contributed by atoms with E-state index in [-0.39, 0.29) is 0 Å². The van der Waals surface area contributed by atoms with Crippen LogP contribution in [0.15, 0.2) is 170 Å².